The van der Waals surface area contributed by atoms with Gasteiger partial charge in [-0.3, -0.25) is 4.79 Å². The van der Waals surface area contributed by atoms with Crippen molar-refractivity contribution in [3.63, 3.8) is 0 Å². The predicted octanol–water partition coefficient (Wildman–Crippen LogP) is 1.13. The van der Waals surface area contributed by atoms with E-state index in [2.05, 4.69) is 0 Å². The SMILES string of the molecule is NCC1CCCN(C(=O)Cc2ccccc2O)C1. The van der Waals surface area contributed by atoms with Crippen LogP contribution in [0, 0.1) is 5.92 Å². The van der Waals surface area contributed by atoms with Gasteiger partial charge in [-0.25, -0.2) is 0 Å². The maximum absolute atomic E-state index is 12.2. The van der Waals surface area contributed by atoms with Gasteiger partial charge in [0, 0.05) is 18.7 Å². The number of carbonyl (C=O) groups is 1. The van der Waals surface area contributed by atoms with E-state index in [0.717, 1.165) is 25.9 Å². The summed E-state index contributed by atoms with van der Waals surface area (Å²) in [5, 5.41) is 9.67. The molecule has 1 unspecified atom stereocenters. The number of hydrogen-bond donors (Lipinski definition) is 2. The van der Waals surface area contributed by atoms with Gasteiger partial charge in [-0.05, 0) is 31.4 Å². The number of para-hydroxylation sites is 1. The molecule has 1 amide bonds. The second-order valence-electron chi connectivity index (χ2n) is 4.89. The minimum Gasteiger partial charge on any atom is -0.508 e. The molecule has 2 rings (SSSR count). The molecule has 4 nitrogen and oxygen atoms in total. The molecule has 3 N–H and O–H groups in total. The lowest BCUT2D eigenvalue weighted by atomic mass is 9.97. The highest BCUT2D eigenvalue weighted by molar-refractivity contribution is 5.79. The van der Waals surface area contributed by atoms with Gasteiger partial charge in [-0.1, -0.05) is 18.2 Å². The minimum atomic E-state index is 0.0784. The van der Waals surface area contributed by atoms with Crippen molar-refractivity contribution >= 4 is 5.91 Å². The van der Waals surface area contributed by atoms with Crippen LogP contribution in [0.5, 0.6) is 5.75 Å². The first-order valence-corrected chi connectivity index (χ1v) is 6.45. The lowest BCUT2D eigenvalue weighted by Gasteiger charge is -2.32. The van der Waals surface area contributed by atoms with Crippen LogP contribution < -0.4 is 5.73 Å². The van der Waals surface area contributed by atoms with E-state index < -0.39 is 0 Å². The quantitative estimate of drug-likeness (QED) is 0.842. The number of phenols is 1. The highest BCUT2D eigenvalue weighted by Crippen LogP contribution is 2.20. The Morgan fingerprint density at radius 2 is 2.22 bits per heavy atom. The molecule has 1 aromatic rings. The second kappa shape index (κ2) is 5.87. The Morgan fingerprint density at radius 1 is 1.44 bits per heavy atom. The standard InChI is InChI=1S/C14H20N2O2/c15-9-11-4-3-7-16(10-11)14(18)8-12-5-1-2-6-13(12)17/h1-2,5-6,11,17H,3-4,7-10,15H2. The van der Waals surface area contributed by atoms with Gasteiger partial charge in [0.15, 0.2) is 0 Å². The molecule has 18 heavy (non-hydrogen) atoms. The Morgan fingerprint density at radius 3 is 2.94 bits per heavy atom. The maximum Gasteiger partial charge on any atom is 0.227 e. The highest BCUT2D eigenvalue weighted by atomic mass is 16.3. The predicted molar refractivity (Wildman–Crippen MR) is 70.2 cm³/mol. The van der Waals surface area contributed by atoms with Crippen LogP contribution in [0.15, 0.2) is 24.3 Å². The third kappa shape index (κ3) is 3.01. The summed E-state index contributed by atoms with van der Waals surface area (Å²) >= 11 is 0. The molecule has 0 spiro atoms. The van der Waals surface area contributed by atoms with Gasteiger partial charge in [0.1, 0.15) is 5.75 Å². The topological polar surface area (TPSA) is 66.6 Å². The Bertz CT molecular complexity index is 420. The number of carbonyl (C=O) groups excluding carboxylic acids is 1. The Balaban J connectivity index is 1.97. The summed E-state index contributed by atoms with van der Waals surface area (Å²) in [6.07, 6.45) is 2.40. The van der Waals surface area contributed by atoms with Gasteiger partial charge in [0.25, 0.3) is 0 Å². The molecule has 0 saturated carbocycles. The van der Waals surface area contributed by atoms with E-state index in [-0.39, 0.29) is 18.1 Å². The molecule has 1 saturated heterocycles. The van der Waals surface area contributed by atoms with Gasteiger partial charge in [0.05, 0.1) is 6.42 Å². The zero-order chi connectivity index (χ0) is 13.0. The largest absolute Gasteiger partial charge is 0.508 e. The molecule has 0 aromatic heterocycles. The van der Waals surface area contributed by atoms with E-state index >= 15 is 0 Å². The van der Waals surface area contributed by atoms with Crippen LogP contribution in [0.25, 0.3) is 0 Å². The van der Waals surface area contributed by atoms with E-state index in [1.165, 1.54) is 0 Å². The van der Waals surface area contributed by atoms with Crippen LogP contribution >= 0.6 is 0 Å². The van der Waals surface area contributed by atoms with Crippen molar-refractivity contribution in [3.05, 3.63) is 29.8 Å². The second-order valence-corrected chi connectivity index (χ2v) is 4.89. The number of amides is 1. The van der Waals surface area contributed by atoms with Gasteiger partial charge in [0.2, 0.25) is 5.91 Å². The number of nitrogens with two attached hydrogens (primary N) is 1. The fourth-order valence-electron chi connectivity index (χ4n) is 2.42. The van der Waals surface area contributed by atoms with Crippen molar-refractivity contribution < 1.29 is 9.90 Å². The van der Waals surface area contributed by atoms with Crippen molar-refractivity contribution in [1.82, 2.24) is 4.90 Å². The molecule has 0 bridgehead atoms. The number of phenolic OH excluding ortho intramolecular Hbond substituents is 1. The van der Waals surface area contributed by atoms with Gasteiger partial charge in [-0.15, -0.1) is 0 Å². The third-order valence-corrected chi connectivity index (χ3v) is 3.54. The molecular weight excluding hydrogens is 228 g/mol. The summed E-state index contributed by atoms with van der Waals surface area (Å²) in [6.45, 7) is 2.20. The van der Waals surface area contributed by atoms with Crippen molar-refractivity contribution in [3.8, 4) is 5.75 Å². The van der Waals surface area contributed by atoms with Crippen molar-refractivity contribution in [2.24, 2.45) is 11.7 Å². The molecule has 1 atom stereocenters. The molecule has 1 aliphatic heterocycles. The van der Waals surface area contributed by atoms with E-state index in [9.17, 15) is 9.90 Å². The van der Waals surface area contributed by atoms with Gasteiger partial charge in [-0.2, -0.15) is 0 Å². The van der Waals surface area contributed by atoms with Crippen molar-refractivity contribution in [1.29, 1.82) is 0 Å². The van der Waals surface area contributed by atoms with E-state index in [4.69, 9.17) is 5.73 Å². The molecule has 1 aromatic carbocycles. The molecule has 0 aliphatic carbocycles. The van der Waals surface area contributed by atoms with Crippen LogP contribution in [-0.4, -0.2) is 35.5 Å². The molecule has 4 heteroatoms. The first-order valence-electron chi connectivity index (χ1n) is 6.45. The first-order chi connectivity index (χ1) is 8.70. The van der Waals surface area contributed by atoms with Crippen LogP contribution in [0.4, 0.5) is 0 Å². The van der Waals surface area contributed by atoms with Crippen molar-refractivity contribution in [2.75, 3.05) is 19.6 Å². The lowest BCUT2D eigenvalue weighted by Crippen LogP contribution is -2.42. The monoisotopic (exact) mass is 248 g/mol. The summed E-state index contributed by atoms with van der Waals surface area (Å²) in [4.78, 5) is 14.0. The van der Waals surface area contributed by atoms with Crippen LogP contribution in [0.3, 0.4) is 0 Å². The van der Waals surface area contributed by atoms with Gasteiger partial charge < -0.3 is 15.7 Å². The third-order valence-electron chi connectivity index (χ3n) is 3.54. The average Bonchev–Trinajstić information content (AvgIpc) is 2.41. The molecule has 0 radical (unpaired) electrons. The molecular formula is C14H20N2O2. The number of likely N-dealkylation sites (tertiary alicyclic amines) is 1. The molecule has 1 aliphatic rings. The summed E-state index contributed by atoms with van der Waals surface area (Å²) < 4.78 is 0. The number of benzene rings is 1. The van der Waals surface area contributed by atoms with Crippen molar-refractivity contribution in [2.45, 2.75) is 19.3 Å². The summed E-state index contributed by atoms with van der Waals surface area (Å²) in [6, 6.07) is 7.00. The first kappa shape index (κ1) is 12.9. The van der Waals surface area contributed by atoms with E-state index in [1.54, 1.807) is 18.2 Å². The molecule has 1 heterocycles. The number of piperidine rings is 1. The van der Waals surface area contributed by atoms with Crippen LogP contribution in [-0.2, 0) is 11.2 Å². The number of aromatic hydroxyl groups is 1. The normalized spacial score (nSPS) is 19.8. The Labute approximate surface area is 107 Å². The summed E-state index contributed by atoms with van der Waals surface area (Å²) in [5.74, 6) is 0.694. The number of hydrogen-bond acceptors (Lipinski definition) is 3. The molecule has 98 valence electrons. The Hall–Kier alpha value is -1.55. The lowest BCUT2D eigenvalue weighted by molar-refractivity contribution is -0.132. The zero-order valence-electron chi connectivity index (χ0n) is 10.5. The average molecular weight is 248 g/mol. The highest BCUT2D eigenvalue weighted by Gasteiger charge is 2.23. The zero-order valence-corrected chi connectivity index (χ0v) is 10.5. The van der Waals surface area contributed by atoms with Crippen LogP contribution in [0.2, 0.25) is 0 Å². The fraction of sp³-hybridized carbons (Fsp3) is 0.500. The van der Waals surface area contributed by atoms with Gasteiger partial charge >= 0.3 is 0 Å². The smallest absolute Gasteiger partial charge is 0.227 e. The maximum atomic E-state index is 12.2. The van der Waals surface area contributed by atoms with E-state index in [1.807, 2.05) is 11.0 Å². The fourth-order valence-corrected chi connectivity index (χ4v) is 2.42. The number of nitrogens with zero attached hydrogens (tertiary/aromatic N) is 1. The number of rotatable bonds is 3. The summed E-state index contributed by atoms with van der Waals surface area (Å²) in [5.41, 5.74) is 6.36. The van der Waals surface area contributed by atoms with Crippen LogP contribution in [0.1, 0.15) is 18.4 Å². The van der Waals surface area contributed by atoms with E-state index in [0.29, 0.717) is 18.0 Å². The molecule has 1 fully saturated rings. The summed E-state index contributed by atoms with van der Waals surface area (Å²) in [7, 11) is 0. The minimum absolute atomic E-state index is 0.0784. The Kier molecular flexibility index (Phi) is 4.20.